The molecule has 0 saturated heterocycles. The predicted octanol–water partition coefficient (Wildman–Crippen LogP) is 3.00. The van der Waals surface area contributed by atoms with Crippen LogP contribution in [-0.2, 0) is 0 Å². The van der Waals surface area contributed by atoms with Crippen molar-refractivity contribution < 1.29 is 4.39 Å². The highest BCUT2D eigenvalue weighted by Gasteiger charge is 2.08. The Morgan fingerprint density at radius 1 is 1.31 bits per heavy atom. The van der Waals surface area contributed by atoms with Crippen molar-refractivity contribution in [2.75, 3.05) is 5.73 Å². The number of nitrogens with zero attached hydrogens (tertiary/aromatic N) is 2. The first-order chi connectivity index (χ1) is 7.66. The van der Waals surface area contributed by atoms with Crippen molar-refractivity contribution in [1.29, 1.82) is 0 Å². The van der Waals surface area contributed by atoms with E-state index in [0.29, 0.717) is 15.6 Å². The number of hydrogen-bond donors (Lipinski definition) is 1. The second-order valence-electron chi connectivity index (χ2n) is 2.95. The molecule has 1 aromatic heterocycles. The van der Waals surface area contributed by atoms with Gasteiger partial charge in [0.15, 0.2) is 0 Å². The van der Waals surface area contributed by atoms with Gasteiger partial charge in [-0.15, -0.1) is 0 Å². The molecule has 82 valence electrons. The molecular weight excluding hydrogens is 249 g/mol. The molecule has 0 spiro atoms. The lowest BCUT2D eigenvalue weighted by molar-refractivity contribution is 0.628. The van der Waals surface area contributed by atoms with E-state index in [9.17, 15) is 4.39 Å². The first-order valence-electron chi connectivity index (χ1n) is 4.35. The minimum Gasteiger partial charge on any atom is -0.398 e. The van der Waals surface area contributed by atoms with Gasteiger partial charge in [-0.1, -0.05) is 23.4 Å². The van der Waals surface area contributed by atoms with Crippen molar-refractivity contribution in [3.63, 3.8) is 0 Å². The minimum atomic E-state index is -0.525. The molecule has 0 saturated carbocycles. The molecule has 6 heteroatoms. The maximum atomic E-state index is 13.0. The Morgan fingerprint density at radius 3 is 2.81 bits per heavy atom. The Morgan fingerprint density at radius 2 is 2.12 bits per heavy atom. The van der Waals surface area contributed by atoms with Crippen LogP contribution in [0.25, 0.3) is 0 Å². The molecule has 0 fully saturated rings. The number of hydrogen-bond acceptors (Lipinski definition) is 4. The zero-order valence-electron chi connectivity index (χ0n) is 8.02. The fraction of sp³-hybridized carbons (Fsp3) is 0. The molecule has 0 radical (unpaired) electrons. The van der Waals surface area contributed by atoms with Gasteiger partial charge in [-0.05, 0) is 12.1 Å². The van der Waals surface area contributed by atoms with Crippen LogP contribution in [0.4, 0.5) is 10.1 Å². The summed E-state index contributed by atoms with van der Waals surface area (Å²) in [5.41, 5.74) is 6.00. The lowest BCUT2D eigenvalue weighted by Gasteiger charge is -2.05. The second kappa shape index (κ2) is 4.67. The molecule has 0 unspecified atom stereocenters. The SMILES string of the molecule is Nc1cc(F)c(Cl)cc1Sc1cnccn1. The Bertz CT molecular complexity index is 507. The molecule has 2 rings (SSSR count). The summed E-state index contributed by atoms with van der Waals surface area (Å²) in [6, 6.07) is 2.67. The quantitative estimate of drug-likeness (QED) is 0.838. The van der Waals surface area contributed by atoms with Gasteiger partial charge >= 0.3 is 0 Å². The summed E-state index contributed by atoms with van der Waals surface area (Å²) in [4.78, 5) is 8.65. The smallest absolute Gasteiger partial charge is 0.143 e. The van der Waals surface area contributed by atoms with Gasteiger partial charge in [-0.2, -0.15) is 0 Å². The molecule has 16 heavy (non-hydrogen) atoms. The highest BCUT2D eigenvalue weighted by molar-refractivity contribution is 7.99. The maximum absolute atomic E-state index is 13.0. The predicted molar refractivity (Wildman–Crippen MR) is 62.0 cm³/mol. The maximum Gasteiger partial charge on any atom is 0.143 e. The van der Waals surface area contributed by atoms with E-state index in [2.05, 4.69) is 9.97 Å². The van der Waals surface area contributed by atoms with Gasteiger partial charge in [0.05, 0.1) is 11.2 Å². The van der Waals surface area contributed by atoms with Crippen LogP contribution in [0.15, 0.2) is 40.6 Å². The molecule has 2 aromatic rings. The number of halogens is 2. The minimum absolute atomic E-state index is 0.0422. The van der Waals surface area contributed by atoms with E-state index in [1.54, 1.807) is 18.6 Å². The van der Waals surface area contributed by atoms with Crippen LogP contribution in [0.3, 0.4) is 0 Å². The largest absolute Gasteiger partial charge is 0.398 e. The number of aromatic nitrogens is 2. The van der Waals surface area contributed by atoms with Gasteiger partial charge in [0.25, 0.3) is 0 Å². The second-order valence-corrected chi connectivity index (χ2v) is 4.42. The summed E-state index contributed by atoms with van der Waals surface area (Å²) in [7, 11) is 0. The molecule has 0 atom stereocenters. The zero-order valence-corrected chi connectivity index (χ0v) is 9.60. The lowest BCUT2D eigenvalue weighted by Crippen LogP contribution is -1.91. The summed E-state index contributed by atoms with van der Waals surface area (Å²) in [6.45, 7) is 0. The van der Waals surface area contributed by atoms with Gasteiger partial charge in [0.2, 0.25) is 0 Å². The van der Waals surface area contributed by atoms with E-state index in [0.717, 1.165) is 0 Å². The third-order valence-corrected chi connectivity index (χ3v) is 3.09. The normalized spacial score (nSPS) is 10.4. The topological polar surface area (TPSA) is 51.8 Å². The van der Waals surface area contributed by atoms with Crippen molar-refractivity contribution in [2.45, 2.75) is 9.92 Å². The monoisotopic (exact) mass is 255 g/mol. The van der Waals surface area contributed by atoms with Crippen molar-refractivity contribution in [1.82, 2.24) is 9.97 Å². The van der Waals surface area contributed by atoms with Crippen molar-refractivity contribution >= 4 is 29.1 Å². The summed E-state index contributed by atoms with van der Waals surface area (Å²) in [5, 5.41) is 0.720. The molecule has 0 aliphatic heterocycles. The third-order valence-electron chi connectivity index (χ3n) is 1.81. The molecule has 3 nitrogen and oxygen atoms in total. The van der Waals surface area contributed by atoms with Crippen LogP contribution in [0.2, 0.25) is 5.02 Å². The Kier molecular flexibility index (Phi) is 3.26. The number of anilines is 1. The van der Waals surface area contributed by atoms with Crippen LogP contribution in [-0.4, -0.2) is 9.97 Å². The first-order valence-corrected chi connectivity index (χ1v) is 5.54. The van der Waals surface area contributed by atoms with Gasteiger partial charge in [-0.3, -0.25) is 4.98 Å². The van der Waals surface area contributed by atoms with E-state index in [1.165, 1.54) is 23.9 Å². The highest BCUT2D eigenvalue weighted by Crippen LogP contribution is 2.33. The molecule has 1 heterocycles. The average Bonchev–Trinajstić information content (AvgIpc) is 2.27. The molecular formula is C10H7ClFN3S. The molecule has 2 N–H and O–H groups in total. The van der Waals surface area contributed by atoms with Crippen LogP contribution in [0.1, 0.15) is 0 Å². The Hall–Kier alpha value is -1.33. The highest BCUT2D eigenvalue weighted by atomic mass is 35.5. The van der Waals surface area contributed by atoms with Crippen LogP contribution >= 0.6 is 23.4 Å². The van der Waals surface area contributed by atoms with Gasteiger partial charge in [-0.25, -0.2) is 9.37 Å². The van der Waals surface area contributed by atoms with Crippen LogP contribution in [0.5, 0.6) is 0 Å². The van der Waals surface area contributed by atoms with Crippen molar-refractivity contribution in [3.05, 3.63) is 41.6 Å². The summed E-state index contributed by atoms with van der Waals surface area (Å²) >= 11 is 6.96. The van der Waals surface area contributed by atoms with E-state index in [1.807, 2.05) is 0 Å². The summed E-state index contributed by atoms with van der Waals surface area (Å²) in [6.07, 6.45) is 4.75. The van der Waals surface area contributed by atoms with Gasteiger partial charge < -0.3 is 5.73 Å². The number of rotatable bonds is 2. The standard InChI is InChI=1S/C10H7ClFN3S/c11-6-3-9(8(13)4-7(6)12)16-10-5-14-1-2-15-10/h1-5H,13H2. The van der Waals surface area contributed by atoms with E-state index in [-0.39, 0.29) is 5.02 Å². The molecule has 0 aliphatic carbocycles. The molecule has 0 bridgehead atoms. The van der Waals surface area contributed by atoms with Crippen LogP contribution in [0, 0.1) is 5.82 Å². The van der Waals surface area contributed by atoms with E-state index in [4.69, 9.17) is 17.3 Å². The zero-order chi connectivity index (χ0) is 11.5. The number of nitrogens with two attached hydrogens (primary N) is 1. The van der Waals surface area contributed by atoms with E-state index >= 15 is 0 Å². The fourth-order valence-electron chi connectivity index (χ4n) is 1.08. The first kappa shape index (κ1) is 11.2. The Balaban J connectivity index is 2.32. The molecule has 1 aromatic carbocycles. The summed E-state index contributed by atoms with van der Waals surface area (Å²) < 4.78 is 13.0. The summed E-state index contributed by atoms with van der Waals surface area (Å²) in [5.74, 6) is -0.525. The fourth-order valence-corrected chi connectivity index (χ4v) is 2.12. The van der Waals surface area contributed by atoms with Crippen LogP contribution < -0.4 is 5.73 Å². The third kappa shape index (κ3) is 2.43. The molecule has 0 aliphatic rings. The number of nitrogen functional groups attached to an aromatic ring is 1. The molecule has 0 amide bonds. The Labute approximate surface area is 101 Å². The van der Waals surface area contributed by atoms with Crippen molar-refractivity contribution in [3.8, 4) is 0 Å². The number of benzene rings is 1. The van der Waals surface area contributed by atoms with Crippen molar-refractivity contribution in [2.24, 2.45) is 0 Å². The lowest BCUT2D eigenvalue weighted by atomic mass is 10.3. The van der Waals surface area contributed by atoms with Gasteiger partial charge in [0.1, 0.15) is 10.8 Å². The average molecular weight is 256 g/mol. The van der Waals surface area contributed by atoms with E-state index < -0.39 is 5.82 Å². The van der Waals surface area contributed by atoms with Gasteiger partial charge in [0, 0.05) is 23.0 Å².